The van der Waals surface area contributed by atoms with Gasteiger partial charge in [-0.3, -0.25) is 4.79 Å². The normalized spacial score (nSPS) is 13.1. The Morgan fingerprint density at radius 3 is 2.39 bits per heavy atom. The molecule has 0 atom stereocenters. The van der Waals surface area contributed by atoms with Gasteiger partial charge in [0, 0.05) is 17.7 Å². The average Bonchev–Trinajstić information content (AvgIpc) is 2.68. The smallest absolute Gasteiger partial charge is 0.456 e. The van der Waals surface area contributed by atoms with Crippen molar-refractivity contribution in [1.29, 1.82) is 0 Å². The van der Waals surface area contributed by atoms with Crippen LogP contribution in [0.1, 0.15) is 11.1 Å². The lowest BCUT2D eigenvalue weighted by Gasteiger charge is -2.12. The third kappa shape index (κ3) is 3.21. The number of hydrogen-bond acceptors (Lipinski definition) is 2. The highest BCUT2D eigenvalue weighted by Gasteiger charge is 2.38. The minimum atomic E-state index is -4.90. The standard InChI is InChI=1S/C17H12F3NO2/c18-17(19,20)16(22)21-10-12-9-11-5-1-3-7-14(11)23-15-8-4-2-6-13(12)15/h1-9H,10H2,(H,21,22). The first kappa shape index (κ1) is 15.1. The van der Waals surface area contributed by atoms with E-state index < -0.39 is 12.1 Å². The number of nitrogens with one attached hydrogen (secondary N) is 1. The molecule has 1 N–H and O–H groups in total. The number of amides is 1. The van der Waals surface area contributed by atoms with Crippen molar-refractivity contribution in [3.05, 3.63) is 59.7 Å². The molecule has 0 saturated carbocycles. The highest BCUT2D eigenvalue weighted by Crippen LogP contribution is 2.37. The Morgan fingerprint density at radius 2 is 1.65 bits per heavy atom. The lowest BCUT2D eigenvalue weighted by Crippen LogP contribution is -2.37. The maximum absolute atomic E-state index is 12.4. The average molecular weight is 319 g/mol. The summed E-state index contributed by atoms with van der Waals surface area (Å²) in [4.78, 5) is 11.1. The first-order valence-corrected chi connectivity index (χ1v) is 6.87. The number of ether oxygens (including phenoxy) is 1. The second-order valence-corrected chi connectivity index (χ2v) is 4.99. The monoisotopic (exact) mass is 319 g/mol. The second-order valence-electron chi connectivity index (χ2n) is 4.99. The summed E-state index contributed by atoms with van der Waals surface area (Å²) in [5.74, 6) is -0.823. The predicted molar refractivity (Wildman–Crippen MR) is 79.9 cm³/mol. The largest absolute Gasteiger partial charge is 0.471 e. The highest BCUT2D eigenvalue weighted by molar-refractivity contribution is 5.90. The van der Waals surface area contributed by atoms with E-state index in [1.54, 1.807) is 48.5 Å². The van der Waals surface area contributed by atoms with Crippen LogP contribution in [0.5, 0.6) is 11.5 Å². The molecule has 2 aromatic carbocycles. The number of carbonyl (C=O) groups excluding carboxylic acids is 1. The van der Waals surface area contributed by atoms with E-state index in [-0.39, 0.29) is 6.54 Å². The Labute approximate surface area is 130 Å². The molecule has 0 radical (unpaired) electrons. The van der Waals surface area contributed by atoms with Crippen molar-refractivity contribution < 1.29 is 22.7 Å². The Morgan fingerprint density at radius 1 is 1.00 bits per heavy atom. The molecular weight excluding hydrogens is 307 g/mol. The van der Waals surface area contributed by atoms with Gasteiger partial charge in [-0.1, -0.05) is 36.4 Å². The first-order chi connectivity index (χ1) is 10.9. The number of hydrogen-bond donors (Lipinski definition) is 1. The molecule has 23 heavy (non-hydrogen) atoms. The number of benzene rings is 2. The molecule has 6 heteroatoms. The van der Waals surface area contributed by atoms with Crippen LogP contribution in [-0.4, -0.2) is 18.6 Å². The lowest BCUT2D eigenvalue weighted by molar-refractivity contribution is -0.173. The molecule has 1 aliphatic rings. The van der Waals surface area contributed by atoms with Crippen molar-refractivity contribution in [2.75, 3.05) is 6.54 Å². The Kier molecular flexibility index (Phi) is 3.82. The van der Waals surface area contributed by atoms with E-state index >= 15 is 0 Å². The minimum Gasteiger partial charge on any atom is -0.456 e. The molecule has 0 spiro atoms. The summed E-state index contributed by atoms with van der Waals surface area (Å²) >= 11 is 0. The van der Waals surface area contributed by atoms with Gasteiger partial charge in [0.05, 0.1) is 0 Å². The van der Waals surface area contributed by atoms with Crippen molar-refractivity contribution in [1.82, 2.24) is 5.32 Å². The van der Waals surface area contributed by atoms with E-state index in [2.05, 4.69) is 0 Å². The van der Waals surface area contributed by atoms with E-state index in [9.17, 15) is 18.0 Å². The third-order valence-corrected chi connectivity index (χ3v) is 3.40. The fraction of sp³-hybridized carbons (Fsp3) is 0.118. The topological polar surface area (TPSA) is 38.3 Å². The van der Waals surface area contributed by atoms with Crippen molar-refractivity contribution in [3.8, 4) is 11.5 Å². The van der Waals surface area contributed by atoms with Crippen LogP contribution in [0.2, 0.25) is 0 Å². The summed E-state index contributed by atoms with van der Waals surface area (Å²) in [5.41, 5.74) is 1.93. The van der Waals surface area contributed by atoms with E-state index in [1.807, 2.05) is 11.4 Å². The van der Waals surface area contributed by atoms with Crippen molar-refractivity contribution >= 4 is 17.6 Å². The van der Waals surface area contributed by atoms with Gasteiger partial charge in [-0.05, 0) is 23.8 Å². The molecular formula is C17H12F3NO2. The van der Waals surface area contributed by atoms with Crippen LogP contribution in [0.3, 0.4) is 0 Å². The number of halogens is 3. The van der Waals surface area contributed by atoms with Gasteiger partial charge in [0.2, 0.25) is 0 Å². The van der Waals surface area contributed by atoms with Crippen LogP contribution >= 0.6 is 0 Å². The molecule has 0 saturated heterocycles. The molecule has 2 aromatic rings. The molecule has 0 bridgehead atoms. The summed E-state index contributed by atoms with van der Waals surface area (Å²) in [7, 11) is 0. The van der Waals surface area contributed by atoms with Gasteiger partial charge < -0.3 is 10.1 Å². The molecule has 3 nitrogen and oxygen atoms in total. The van der Waals surface area contributed by atoms with Crippen LogP contribution in [0.15, 0.2) is 48.5 Å². The zero-order valence-corrected chi connectivity index (χ0v) is 11.9. The van der Waals surface area contributed by atoms with Gasteiger partial charge in [-0.2, -0.15) is 13.2 Å². The fourth-order valence-electron chi connectivity index (χ4n) is 2.32. The first-order valence-electron chi connectivity index (χ1n) is 6.87. The van der Waals surface area contributed by atoms with E-state index in [0.717, 1.165) is 5.56 Å². The molecule has 0 fully saturated rings. The van der Waals surface area contributed by atoms with Gasteiger partial charge in [-0.15, -0.1) is 0 Å². The molecule has 1 heterocycles. The molecule has 3 rings (SSSR count). The maximum Gasteiger partial charge on any atom is 0.471 e. The zero-order chi connectivity index (χ0) is 16.4. The van der Waals surface area contributed by atoms with E-state index in [4.69, 9.17) is 4.74 Å². The number of para-hydroxylation sites is 2. The quantitative estimate of drug-likeness (QED) is 0.908. The van der Waals surface area contributed by atoms with Gasteiger partial charge in [0.1, 0.15) is 11.5 Å². The molecule has 0 aromatic heterocycles. The highest BCUT2D eigenvalue weighted by atomic mass is 19.4. The number of carbonyl (C=O) groups is 1. The summed E-state index contributed by atoms with van der Waals surface area (Å²) in [5, 5.41) is 1.90. The fourth-order valence-corrected chi connectivity index (χ4v) is 2.32. The maximum atomic E-state index is 12.4. The minimum absolute atomic E-state index is 0.243. The summed E-state index contributed by atoms with van der Waals surface area (Å²) in [6.07, 6.45) is -3.18. The number of rotatable bonds is 2. The van der Waals surface area contributed by atoms with Crippen LogP contribution in [0, 0.1) is 0 Å². The van der Waals surface area contributed by atoms with Crippen LogP contribution < -0.4 is 10.1 Å². The molecule has 1 amide bonds. The summed E-state index contributed by atoms with van der Waals surface area (Å²) in [6.45, 7) is -0.243. The number of fused-ring (bicyclic) bond motifs is 2. The van der Waals surface area contributed by atoms with Gasteiger partial charge in [-0.25, -0.2) is 0 Å². The van der Waals surface area contributed by atoms with Crippen LogP contribution in [-0.2, 0) is 4.79 Å². The molecule has 0 unspecified atom stereocenters. The van der Waals surface area contributed by atoms with Crippen molar-refractivity contribution in [2.24, 2.45) is 0 Å². The van der Waals surface area contributed by atoms with E-state index in [1.165, 1.54) is 0 Å². The van der Waals surface area contributed by atoms with Crippen molar-refractivity contribution in [2.45, 2.75) is 6.18 Å². The Bertz CT molecular complexity index is 781. The second kappa shape index (κ2) is 5.79. The van der Waals surface area contributed by atoms with Gasteiger partial charge >= 0.3 is 12.1 Å². The Balaban J connectivity index is 1.97. The zero-order valence-electron chi connectivity index (χ0n) is 11.9. The third-order valence-electron chi connectivity index (χ3n) is 3.40. The summed E-state index contributed by atoms with van der Waals surface area (Å²) in [6, 6.07) is 14.2. The molecule has 1 aliphatic heterocycles. The van der Waals surface area contributed by atoms with E-state index in [0.29, 0.717) is 22.6 Å². The van der Waals surface area contributed by atoms with Gasteiger partial charge in [0.15, 0.2) is 0 Å². The SMILES string of the molecule is O=C(NCC1=Cc2ccccc2Oc2ccccc21)C(F)(F)F. The van der Waals surface area contributed by atoms with Gasteiger partial charge in [0.25, 0.3) is 0 Å². The van der Waals surface area contributed by atoms with Crippen LogP contribution in [0.4, 0.5) is 13.2 Å². The lowest BCUT2D eigenvalue weighted by atomic mass is 10.0. The van der Waals surface area contributed by atoms with Crippen LogP contribution in [0.25, 0.3) is 11.6 Å². The van der Waals surface area contributed by atoms with Crippen molar-refractivity contribution in [3.63, 3.8) is 0 Å². The number of alkyl halides is 3. The Hall–Kier alpha value is -2.76. The predicted octanol–water partition coefficient (Wildman–Crippen LogP) is 4.01. The molecule has 0 aliphatic carbocycles. The summed E-state index contributed by atoms with van der Waals surface area (Å²) < 4.78 is 42.9. The molecule has 118 valence electrons.